The minimum Gasteiger partial charge on any atom is -0.497 e. The molecule has 1 heterocycles. The molecule has 0 aliphatic carbocycles. The number of ketones is 1. The summed E-state index contributed by atoms with van der Waals surface area (Å²) < 4.78 is 11.2. The lowest BCUT2D eigenvalue weighted by Crippen LogP contribution is -2.30. The molecular formula is C18H15ClO4. The van der Waals surface area contributed by atoms with Gasteiger partial charge in [0.25, 0.3) is 5.24 Å². The quantitative estimate of drug-likeness (QED) is 0.797. The molecule has 3 rings (SSSR count). The second-order valence-electron chi connectivity index (χ2n) is 5.43. The second-order valence-corrected chi connectivity index (χ2v) is 5.77. The van der Waals surface area contributed by atoms with Crippen LogP contribution in [0, 0.1) is 5.92 Å². The molecule has 1 aliphatic rings. The van der Waals surface area contributed by atoms with E-state index in [-0.39, 0.29) is 23.0 Å². The maximum Gasteiger partial charge on any atom is 0.256 e. The zero-order valence-corrected chi connectivity index (χ0v) is 13.5. The lowest BCUT2D eigenvalue weighted by molar-refractivity contribution is 0.0686. The third-order valence-electron chi connectivity index (χ3n) is 4.02. The highest BCUT2D eigenvalue weighted by molar-refractivity contribution is 6.68. The van der Waals surface area contributed by atoms with E-state index in [4.69, 9.17) is 21.1 Å². The predicted octanol–water partition coefficient (Wildman–Crippen LogP) is 4.03. The molecule has 0 amide bonds. The first-order valence-corrected chi connectivity index (χ1v) is 7.58. The summed E-state index contributed by atoms with van der Waals surface area (Å²) in [4.78, 5) is 24.5. The zero-order valence-electron chi connectivity index (χ0n) is 12.7. The van der Waals surface area contributed by atoms with Crippen LogP contribution < -0.4 is 9.47 Å². The van der Waals surface area contributed by atoms with Crippen molar-refractivity contribution in [3.63, 3.8) is 0 Å². The van der Waals surface area contributed by atoms with Gasteiger partial charge in [0.15, 0.2) is 5.78 Å². The first-order valence-electron chi connectivity index (χ1n) is 7.20. The van der Waals surface area contributed by atoms with Crippen LogP contribution in [-0.4, -0.2) is 18.1 Å². The van der Waals surface area contributed by atoms with Crippen molar-refractivity contribution < 1.29 is 19.1 Å². The van der Waals surface area contributed by atoms with Crippen molar-refractivity contribution in [1.82, 2.24) is 0 Å². The van der Waals surface area contributed by atoms with Crippen molar-refractivity contribution in [2.45, 2.75) is 13.0 Å². The van der Waals surface area contributed by atoms with E-state index in [1.165, 1.54) is 13.2 Å². The molecule has 118 valence electrons. The summed E-state index contributed by atoms with van der Waals surface area (Å²) in [5, 5.41) is -0.686. The molecule has 0 saturated heterocycles. The SMILES string of the molecule is COc1cc(C(=O)Cl)c2c(c1)C(=O)[C@H](C)[C@H](c1ccccc1)O2. The van der Waals surface area contributed by atoms with Crippen LogP contribution in [0.1, 0.15) is 39.3 Å². The topological polar surface area (TPSA) is 52.6 Å². The van der Waals surface area contributed by atoms with Crippen LogP contribution in [0.15, 0.2) is 42.5 Å². The van der Waals surface area contributed by atoms with Gasteiger partial charge in [-0.3, -0.25) is 9.59 Å². The van der Waals surface area contributed by atoms with Crippen molar-refractivity contribution in [2.75, 3.05) is 7.11 Å². The standard InChI is InChI=1S/C18H15ClO4/c1-10-15(20)13-8-12(22-2)9-14(18(19)21)17(13)23-16(10)11-6-4-3-5-7-11/h3-10,16H,1-2H3/t10-,16+/m0/s1. The van der Waals surface area contributed by atoms with Gasteiger partial charge in [0, 0.05) is 0 Å². The number of rotatable bonds is 3. The van der Waals surface area contributed by atoms with E-state index in [1.807, 2.05) is 37.3 Å². The summed E-state index contributed by atoms with van der Waals surface area (Å²) in [6, 6.07) is 12.5. The monoisotopic (exact) mass is 330 g/mol. The number of halogens is 1. The minimum absolute atomic E-state index is 0.0989. The Morgan fingerprint density at radius 3 is 2.52 bits per heavy atom. The Kier molecular flexibility index (Phi) is 4.09. The molecule has 1 aliphatic heterocycles. The van der Waals surface area contributed by atoms with Gasteiger partial charge >= 0.3 is 0 Å². The van der Waals surface area contributed by atoms with Crippen LogP contribution in [0.3, 0.4) is 0 Å². The van der Waals surface area contributed by atoms with Crippen molar-refractivity contribution >= 4 is 22.6 Å². The van der Waals surface area contributed by atoms with E-state index < -0.39 is 11.3 Å². The van der Waals surface area contributed by atoms with Crippen molar-refractivity contribution in [2.24, 2.45) is 5.92 Å². The van der Waals surface area contributed by atoms with Crippen LogP contribution in [-0.2, 0) is 0 Å². The van der Waals surface area contributed by atoms with Crippen LogP contribution in [0.5, 0.6) is 11.5 Å². The van der Waals surface area contributed by atoms with Gasteiger partial charge in [-0.15, -0.1) is 0 Å². The number of fused-ring (bicyclic) bond motifs is 1. The molecule has 2 atom stereocenters. The summed E-state index contributed by atoms with van der Waals surface area (Å²) in [5.41, 5.74) is 1.35. The van der Waals surface area contributed by atoms with Crippen LogP contribution in [0.2, 0.25) is 0 Å². The van der Waals surface area contributed by atoms with Gasteiger partial charge in [-0.25, -0.2) is 0 Å². The van der Waals surface area contributed by atoms with E-state index >= 15 is 0 Å². The average molecular weight is 331 g/mol. The summed E-state index contributed by atoms with van der Waals surface area (Å²) in [7, 11) is 1.47. The molecule has 23 heavy (non-hydrogen) atoms. The number of Topliss-reactive ketones (excluding diaryl/α,β-unsaturated/α-hetero) is 1. The maximum atomic E-state index is 12.8. The Balaban J connectivity index is 2.15. The van der Waals surface area contributed by atoms with Gasteiger partial charge < -0.3 is 9.47 Å². The highest BCUT2D eigenvalue weighted by Gasteiger charge is 2.37. The van der Waals surface area contributed by atoms with Gasteiger partial charge in [-0.1, -0.05) is 37.3 Å². The summed E-state index contributed by atoms with van der Waals surface area (Å²) >= 11 is 5.66. The largest absolute Gasteiger partial charge is 0.497 e. The average Bonchev–Trinajstić information content (AvgIpc) is 2.57. The third kappa shape index (κ3) is 2.70. The van der Waals surface area contributed by atoms with Gasteiger partial charge in [0.2, 0.25) is 0 Å². The smallest absolute Gasteiger partial charge is 0.256 e. The molecule has 0 radical (unpaired) electrons. The molecule has 4 nitrogen and oxygen atoms in total. The van der Waals surface area contributed by atoms with Gasteiger partial charge in [-0.05, 0) is 29.3 Å². The van der Waals surface area contributed by atoms with Crippen molar-refractivity contribution in [3.05, 3.63) is 59.2 Å². The number of carbonyl (C=O) groups is 2. The fourth-order valence-electron chi connectivity index (χ4n) is 2.79. The number of ether oxygens (including phenoxy) is 2. The lowest BCUT2D eigenvalue weighted by Gasteiger charge is -2.32. The summed E-state index contributed by atoms with van der Waals surface area (Å²) in [6.45, 7) is 1.81. The molecule has 5 heteroatoms. The maximum absolute atomic E-state index is 12.8. The molecule has 0 bridgehead atoms. The highest BCUT2D eigenvalue weighted by atomic mass is 35.5. The molecule has 0 unspecified atom stereocenters. The number of hydrogen-bond donors (Lipinski definition) is 0. The Bertz CT molecular complexity index is 770. The molecule has 0 spiro atoms. The number of carbonyl (C=O) groups excluding carboxylic acids is 2. The normalized spacial score (nSPS) is 19.7. The Morgan fingerprint density at radius 2 is 1.91 bits per heavy atom. The molecule has 0 fully saturated rings. The Labute approximate surface area is 139 Å². The Hall–Kier alpha value is -2.33. The summed E-state index contributed by atoms with van der Waals surface area (Å²) in [5.74, 6) is 0.145. The van der Waals surface area contributed by atoms with Gasteiger partial charge in [0.05, 0.1) is 24.2 Å². The van der Waals surface area contributed by atoms with Gasteiger partial charge in [-0.2, -0.15) is 0 Å². The fourth-order valence-corrected chi connectivity index (χ4v) is 2.93. The van der Waals surface area contributed by atoms with Crippen LogP contribution >= 0.6 is 11.6 Å². The molecular weight excluding hydrogens is 316 g/mol. The van der Waals surface area contributed by atoms with Crippen molar-refractivity contribution in [3.8, 4) is 11.5 Å². The lowest BCUT2D eigenvalue weighted by atomic mass is 9.86. The van der Waals surface area contributed by atoms with E-state index in [2.05, 4.69) is 0 Å². The van der Waals surface area contributed by atoms with E-state index in [9.17, 15) is 9.59 Å². The summed E-state index contributed by atoms with van der Waals surface area (Å²) in [6.07, 6.45) is -0.459. The van der Waals surface area contributed by atoms with E-state index in [0.717, 1.165) is 5.56 Å². The first-order chi connectivity index (χ1) is 11.0. The first kappa shape index (κ1) is 15.6. The number of hydrogen-bond acceptors (Lipinski definition) is 4. The van der Waals surface area contributed by atoms with E-state index in [1.54, 1.807) is 6.07 Å². The van der Waals surface area contributed by atoms with Crippen molar-refractivity contribution in [1.29, 1.82) is 0 Å². The molecule has 0 N–H and O–H groups in total. The van der Waals surface area contributed by atoms with Gasteiger partial charge in [0.1, 0.15) is 17.6 Å². The predicted molar refractivity (Wildman–Crippen MR) is 86.5 cm³/mol. The zero-order chi connectivity index (χ0) is 16.6. The molecule has 2 aromatic carbocycles. The Morgan fingerprint density at radius 1 is 1.22 bits per heavy atom. The second kappa shape index (κ2) is 6.05. The number of benzene rings is 2. The number of methoxy groups -OCH3 is 1. The minimum atomic E-state index is -0.686. The molecule has 0 saturated carbocycles. The van der Waals surface area contributed by atoms with Crippen LogP contribution in [0.4, 0.5) is 0 Å². The highest BCUT2D eigenvalue weighted by Crippen LogP contribution is 2.42. The fraction of sp³-hybridized carbons (Fsp3) is 0.222. The molecule has 2 aromatic rings. The van der Waals surface area contributed by atoms with E-state index in [0.29, 0.717) is 11.3 Å². The van der Waals surface area contributed by atoms with Crippen LogP contribution in [0.25, 0.3) is 0 Å². The third-order valence-corrected chi connectivity index (χ3v) is 4.22. The molecule has 0 aromatic heterocycles.